The fraction of sp³-hybridized carbons (Fsp3) is 0.364. The zero-order valence-electron chi connectivity index (χ0n) is 16.8. The number of rotatable bonds is 4. The van der Waals surface area contributed by atoms with E-state index in [9.17, 15) is 4.79 Å². The molecule has 1 aromatic carbocycles. The fourth-order valence-corrected chi connectivity index (χ4v) is 3.45. The number of hydrogen-bond donors (Lipinski definition) is 2. The predicted octanol–water partition coefficient (Wildman–Crippen LogP) is 5.43. The third-order valence-electron chi connectivity index (χ3n) is 4.73. The summed E-state index contributed by atoms with van der Waals surface area (Å²) in [5, 5.41) is 14.0. The average Bonchev–Trinajstić information content (AvgIpc) is 3.18. The van der Waals surface area contributed by atoms with Crippen molar-refractivity contribution >= 4 is 5.97 Å². The van der Waals surface area contributed by atoms with E-state index in [-0.39, 0.29) is 11.1 Å². The van der Waals surface area contributed by atoms with Crippen LogP contribution in [-0.2, 0) is 5.54 Å². The van der Waals surface area contributed by atoms with Crippen LogP contribution in [-0.4, -0.2) is 25.8 Å². The van der Waals surface area contributed by atoms with Gasteiger partial charge in [-0.3, -0.25) is 4.68 Å². The number of hydrogen-bond acceptors (Lipinski definition) is 2. The number of benzene rings is 1. The first kappa shape index (κ1) is 19.0. The molecule has 0 unspecified atom stereocenters. The van der Waals surface area contributed by atoms with Gasteiger partial charge in [-0.05, 0) is 63.4 Å². The van der Waals surface area contributed by atoms with Crippen molar-refractivity contribution in [3.63, 3.8) is 0 Å². The van der Waals surface area contributed by atoms with Gasteiger partial charge in [0.05, 0.1) is 16.8 Å². The van der Waals surface area contributed by atoms with Gasteiger partial charge in [-0.15, -0.1) is 0 Å². The number of carboxylic acids is 1. The molecule has 2 aromatic heterocycles. The highest BCUT2D eigenvalue weighted by atomic mass is 16.4. The summed E-state index contributed by atoms with van der Waals surface area (Å²) < 4.78 is 2.13. The number of nitrogens with one attached hydrogen (secondary N) is 1. The molecule has 27 heavy (non-hydrogen) atoms. The highest BCUT2D eigenvalue weighted by Gasteiger charge is 2.25. The quantitative estimate of drug-likeness (QED) is 0.647. The molecule has 0 fully saturated rings. The van der Waals surface area contributed by atoms with Crippen molar-refractivity contribution in [3.8, 4) is 22.6 Å². The van der Waals surface area contributed by atoms with E-state index in [1.807, 2.05) is 24.3 Å². The largest absolute Gasteiger partial charge is 0.478 e. The van der Waals surface area contributed by atoms with Crippen LogP contribution in [0.5, 0.6) is 0 Å². The SMILES string of the molecule is Cc1c(-c2ccc(-c3ccc(C(=O)O)cc3)[nH]2)nn(C(C)(C)C)c1C(C)C. The van der Waals surface area contributed by atoms with Gasteiger partial charge < -0.3 is 10.1 Å². The lowest BCUT2D eigenvalue weighted by molar-refractivity contribution is 0.0697. The van der Waals surface area contributed by atoms with Crippen molar-refractivity contribution in [3.05, 3.63) is 53.2 Å². The Morgan fingerprint density at radius 3 is 2.15 bits per heavy atom. The molecule has 0 radical (unpaired) electrons. The van der Waals surface area contributed by atoms with Crippen LogP contribution in [0.1, 0.15) is 62.2 Å². The van der Waals surface area contributed by atoms with Gasteiger partial charge in [-0.25, -0.2) is 4.79 Å². The summed E-state index contributed by atoms with van der Waals surface area (Å²) >= 11 is 0. The molecule has 2 heterocycles. The summed E-state index contributed by atoms with van der Waals surface area (Å²) in [7, 11) is 0. The third-order valence-corrected chi connectivity index (χ3v) is 4.73. The summed E-state index contributed by atoms with van der Waals surface area (Å²) in [6.45, 7) is 13.0. The molecule has 5 nitrogen and oxygen atoms in total. The molecule has 0 aliphatic heterocycles. The first-order chi connectivity index (χ1) is 12.6. The van der Waals surface area contributed by atoms with Crippen LogP contribution in [0.25, 0.3) is 22.6 Å². The number of aromatic amines is 1. The standard InChI is InChI=1S/C22H27N3O2/c1-13(2)20-14(3)19(24-25(20)22(4,5)6)18-12-11-17(23-18)15-7-9-16(10-8-15)21(26)27/h7-13,23H,1-6H3,(H,26,27). The van der Waals surface area contributed by atoms with Gasteiger partial charge in [0, 0.05) is 17.0 Å². The van der Waals surface area contributed by atoms with Crippen molar-refractivity contribution in [2.75, 3.05) is 0 Å². The third kappa shape index (κ3) is 3.54. The second-order valence-electron chi connectivity index (χ2n) is 8.26. The molecule has 0 saturated heterocycles. The summed E-state index contributed by atoms with van der Waals surface area (Å²) in [6.07, 6.45) is 0. The summed E-state index contributed by atoms with van der Waals surface area (Å²) in [4.78, 5) is 14.5. The topological polar surface area (TPSA) is 70.9 Å². The first-order valence-electron chi connectivity index (χ1n) is 9.22. The smallest absolute Gasteiger partial charge is 0.335 e. The normalized spacial score (nSPS) is 12.0. The summed E-state index contributed by atoms with van der Waals surface area (Å²) in [5.74, 6) is -0.540. The molecule has 3 rings (SSSR count). The lowest BCUT2D eigenvalue weighted by atomic mass is 10.0. The number of aromatic nitrogens is 3. The minimum atomic E-state index is -0.918. The fourth-order valence-electron chi connectivity index (χ4n) is 3.45. The highest BCUT2D eigenvalue weighted by molar-refractivity contribution is 5.88. The molecule has 2 N–H and O–H groups in total. The van der Waals surface area contributed by atoms with Crippen LogP contribution in [0.15, 0.2) is 36.4 Å². The number of aromatic carboxylic acids is 1. The Labute approximate surface area is 160 Å². The maximum atomic E-state index is 11.0. The van der Waals surface area contributed by atoms with Gasteiger partial charge in [0.1, 0.15) is 5.69 Å². The first-order valence-corrected chi connectivity index (χ1v) is 9.22. The van der Waals surface area contributed by atoms with E-state index < -0.39 is 5.97 Å². The van der Waals surface area contributed by atoms with Crippen LogP contribution in [0.2, 0.25) is 0 Å². The molecule has 0 saturated carbocycles. The Hall–Kier alpha value is -2.82. The maximum Gasteiger partial charge on any atom is 0.335 e. The Morgan fingerprint density at radius 1 is 1.07 bits per heavy atom. The van der Waals surface area contributed by atoms with E-state index in [0.29, 0.717) is 5.92 Å². The molecule has 3 aromatic rings. The molecule has 0 atom stereocenters. The lowest BCUT2D eigenvalue weighted by Crippen LogP contribution is -2.26. The molecule has 0 spiro atoms. The number of H-pyrrole nitrogens is 1. The number of nitrogens with zero attached hydrogens (tertiary/aromatic N) is 2. The Kier molecular flexibility index (Phi) is 4.72. The van der Waals surface area contributed by atoms with Crippen LogP contribution in [0.4, 0.5) is 0 Å². The molecule has 0 aliphatic rings. The predicted molar refractivity (Wildman–Crippen MR) is 108 cm³/mol. The van der Waals surface area contributed by atoms with Crippen LogP contribution < -0.4 is 0 Å². The molecular formula is C22H27N3O2. The monoisotopic (exact) mass is 365 g/mol. The van der Waals surface area contributed by atoms with Gasteiger partial charge in [0.15, 0.2) is 0 Å². The highest BCUT2D eigenvalue weighted by Crippen LogP contribution is 2.33. The van der Waals surface area contributed by atoms with Crippen molar-refractivity contribution in [2.24, 2.45) is 0 Å². The minimum Gasteiger partial charge on any atom is -0.478 e. The Balaban J connectivity index is 2.03. The summed E-state index contributed by atoms with van der Waals surface area (Å²) in [5.41, 5.74) is 6.45. The van der Waals surface area contributed by atoms with Crippen molar-refractivity contribution in [2.45, 2.75) is 53.0 Å². The van der Waals surface area contributed by atoms with E-state index in [1.165, 1.54) is 11.3 Å². The van der Waals surface area contributed by atoms with Gasteiger partial charge in [-0.2, -0.15) is 5.10 Å². The second-order valence-corrected chi connectivity index (χ2v) is 8.26. The molecule has 0 amide bonds. The lowest BCUT2D eigenvalue weighted by Gasteiger charge is -2.24. The molecule has 0 bridgehead atoms. The second kappa shape index (κ2) is 6.72. The van der Waals surface area contributed by atoms with Gasteiger partial charge in [0.25, 0.3) is 0 Å². The maximum absolute atomic E-state index is 11.0. The average molecular weight is 365 g/mol. The van der Waals surface area contributed by atoms with Crippen LogP contribution in [0, 0.1) is 6.92 Å². The minimum absolute atomic E-state index is 0.0926. The molecule has 0 aliphatic carbocycles. The zero-order chi connectivity index (χ0) is 19.9. The van der Waals surface area contributed by atoms with Crippen LogP contribution in [0.3, 0.4) is 0 Å². The summed E-state index contributed by atoms with van der Waals surface area (Å²) in [6, 6.07) is 10.9. The van der Waals surface area contributed by atoms with Crippen molar-refractivity contribution in [1.29, 1.82) is 0 Å². The molecule has 5 heteroatoms. The zero-order valence-corrected chi connectivity index (χ0v) is 16.8. The number of carbonyl (C=O) groups is 1. The Morgan fingerprint density at radius 2 is 1.67 bits per heavy atom. The Bertz CT molecular complexity index is 970. The van der Waals surface area contributed by atoms with Gasteiger partial charge in [0.2, 0.25) is 0 Å². The van der Waals surface area contributed by atoms with E-state index in [2.05, 4.69) is 51.2 Å². The van der Waals surface area contributed by atoms with Crippen LogP contribution >= 0.6 is 0 Å². The van der Waals surface area contributed by atoms with E-state index in [1.54, 1.807) is 12.1 Å². The molecular weight excluding hydrogens is 338 g/mol. The van der Waals surface area contributed by atoms with E-state index in [0.717, 1.165) is 22.6 Å². The van der Waals surface area contributed by atoms with Crippen molar-refractivity contribution < 1.29 is 9.90 Å². The van der Waals surface area contributed by atoms with Crippen molar-refractivity contribution in [1.82, 2.24) is 14.8 Å². The van der Waals surface area contributed by atoms with E-state index >= 15 is 0 Å². The van der Waals surface area contributed by atoms with Gasteiger partial charge >= 0.3 is 5.97 Å². The van der Waals surface area contributed by atoms with E-state index in [4.69, 9.17) is 10.2 Å². The molecule has 142 valence electrons. The number of carboxylic acid groups (broad SMARTS) is 1. The van der Waals surface area contributed by atoms with Gasteiger partial charge in [-0.1, -0.05) is 26.0 Å².